The minimum atomic E-state index is -0.0887. The summed E-state index contributed by atoms with van der Waals surface area (Å²) in [6.07, 6.45) is 0.838. The maximum absolute atomic E-state index is 12.3. The number of carbonyl (C=O) groups is 1. The van der Waals surface area contributed by atoms with E-state index in [2.05, 4.69) is 21.6 Å². The molecular weight excluding hydrogens is 370 g/mol. The molecule has 0 saturated carbocycles. The van der Waals surface area contributed by atoms with E-state index in [1.54, 1.807) is 23.5 Å². The topological polar surface area (TPSA) is 68.0 Å². The molecule has 2 heterocycles. The Morgan fingerprint density at radius 3 is 2.54 bits per heavy atom. The highest BCUT2D eigenvalue weighted by atomic mass is 32.1. The van der Waals surface area contributed by atoms with E-state index < -0.39 is 0 Å². The van der Waals surface area contributed by atoms with Crippen LogP contribution in [0.15, 0.2) is 70.5 Å². The highest BCUT2D eigenvalue weighted by Gasteiger charge is 2.13. The number of hydrogen-bond donors (Lipinski definition) is 1. The molecule has 0 atom stereocenters. The molecule has 0 fully saturated rings. The lowest BCUT2D eigenvalue weighted by atomic mass is 10.1. The first kappa shape index (κ1) is 18.1. The standard InChI is InChI=1S/C22H19N3O2S/c1-15-5-2-3-7-19(15)22-25-24-21(27-22)17-10-8-16(9-11-17)20(26)23-13-12-18-6-4-14-28-18/h2-11,14H,12-13H2,1H3,(H,23,26). The minimum absolute atomic E-state index is 0.0887. The monoisotopic (exact) mass is 389 g/mol. The van der Waals surface area contributed by atoms with Crippen molar-refractivity contribution in [1.82, 2.24) is 15.5 Å². The average molecular weight is 389 g/mol. The third kappa shape index (κ3) is 4.02. The second kappa shape index (κ2) is 8.19. The molecule has 2 aromatic carbocycles. The van der Waals surface area contributed by atoms with Crippen molar-refractivity contribution in [2.75, 3.05) is 6.54 Å². The number of carbonyl (C=O) groups excluding carboxylic acids is 1. The maximum Gasteiger partial charge on any atom is 0.251 e. The number of benzene rings is 2. The second-order valence-electron chi connectivity index (χ2n) is 6.39. The van der Waals surface area contributed by atoms with Crippen molar-refractivity contribution in [3.8, 4) is 22.9 Å². The van der Waals surface area contributed by atoms with Crippen molar-refractivity contribution in [1.29, 1.82) is 0 Å². The Bertz CT molecular complexity index is 1070. The molecule has 1 N–H and O–H groups in total. The molecule has 0 spiro atoms. The lowest BCUT2D eigenvalue weighted by molar-refractivity contribution is 0.0954. The van der Waals surface area contributed by atoms with Crippen molar-refractivity contribution in [3.05, 3.63) is 82.0 Å². The highest BCUT2D eigenvalue weighted by Crippen LogP contribution is 2.26. The molecule has 0 unspecified atom stereocenters. The molecule has 0 bridgehead atoms. The van der Waals surface area contributed by atoms with Gasteiger partial charge in [0.05, 0.1) is 0 Å². The van der Waals surface area contributed by atoms with Crippen molar-refractivity contribution >= 4 is 17.2 Å². The van der Waals surface area contributed by atoms with E-state index in [1.807, 2.05) is 54.8 Å². The van der Waals surface area contributed by atoms with Gasteiger partial charge in [0.2, 0.25) is 11.8 Å². The number of nitrogens with one attached hydrogen (secondary N) is 1. The van der Waals surface area contributed by atoms with Gasteiger partial charge in [-0.1, -0.05) is 24.3 Å². The summed E-state index contributed by atoms with van der Waals surface area (Å²) in [4.78, 5) is 13.5. The van der Waals surface area contributed by atoms with E-state index in [1.165, 1.54) is 4.88 Å². The number of thiophene rings is 1. The summed E-state index contributed by atoms with van der Waals surface area (Å²) in [5.74, 6) is 0.834. The normalized spacial score (nSPS) is 10.8. The van der Waals surface area contributed by atoms with Gasteiger partial charge in [-0.2, -0.15) is 0 Å². The Hall–Kier alpha value is -3.25. The molecule has 1 amide bonds. The lowest BCUT2D eigenvalue weighted by Crippen LogP contribution is -2.25. The van der Waals surface area contributed by atoms with E-state index in [-0.39, 0.29) is 5.91 Å². The Morgan fingerprint density at radius 1 is 1.00 bits per heavy atom. The van der Waals surface area contributed by atoms with Crippen molar-refractivity contribution < 1.29 is 9.21 Å². The van der Waals surface area contributed by atoms with Crippen molar-refractivity contribution in [2.45, 2.75) is 13.3 Å². The fraction of sp³-hybridized carbons (Fsp3) is 0.136. The van der Waals surface area contributed by atoms with Crippen LogP contribution in [0.4, 0.5) is 0 Å². The molecule has 0 aliphatic rings. The predicted molar refractivity (Wildman–Crippen MR) is 110 cm³/mol. The minimum Gasteiger partial charge on any atom is -0.416 e. The van der Waals surface area contributed by atoms with Crippen LogP contribution in [-0.4, -0.2) is 22.6 Å². The van der Waals surface area contributed by atoms with Gasteiger partial charge in [0.1, 0.15) is 0 Å². The molecule has 28 heavy (non-hydrogen) atoms. The second-order valence-corrected chi connectivity index (χ2v) is 7.42. The fourth-order valence-electron chi connectivity index (χ4n) is 2.88. The van der Waals surface area contributed by atoms with E-state index in [9.17, 15) is 4.79 Å². The van der Waals surface area contributed by atoms with E-state index in [0.717, 1.165) is 23.1 Å². The zero-order valence-electron chi connectivity index (χ0n) is 15.4. The smallest absolute Gasteiger partial charge is 0.251 e. The summed E-state index contributed by atoms with van der Waals surface area (Å²) in [6.45, 7) is 2.62. The quantitative estimate of drug-likeness (QED) is 0.517. The van der Waals surface area contributed by atoms with Crippen LogP contribution in [0, 0.1) is 6.92 Å². The van der Waals surface area contributed by atoms with Crippen molar-refractivity contribution in [3.63, 3.8) is 0 Å². The molecule has 0 aliphatic carbocycles. The number of rotatable bonds is 6. The summed E-state index contributed by atoms with van der Waals surface area (Å²) >= 11 is 1.70. The van der Waals surface area contributed by atoms with E-state index >= 15 is 0 Å². The SMILES string of the molecule is Cc1ccccc1-c1nnc(-c2ccc(C(=O)NCCc3cccs3)cc2)o1. The number of aryl methyl sites for hydroxylation is 1. The maximum atomic E-state index is 12.3. The Labute approximate surface area is 167 Å². The molecule has 0 aliphatic heterocycles. The summed E-state index contributed by atoms with van der Waals surface area (Å²) in [5, 5.41) is 13.3. The van der Waals surface area contributed by atoms with Gasteiger partial charge in [-0.3, -0.25) is 4.79 Å². The molecule has 0 radical (unpaired) electrons. The fourth-order valence-corrected chi connectivity index (χ4v) is 3.59. The van der Waals surface area contributed by atoms with Crippen LogP contribution in [-0.2, 0) is 6.42 Å². The summed E-state index contributed by atoms with van der Waals surface area (Å²) in [5.41, 5.74) is 3.38. The van der Waals surface area contributed by atoms with Gasteiger partial charge in [-0.15, -0.1) is 21.5 Å². The van der Waals surface area contributed by atoms with Gasteiger partial charge in [-0.25, -0.2) is 0 Å². The number of aromatic nitrogens is 2. The molecule has 0 saturated heterocycles. The molecule has 4 aromatic rings. The Kier molecular flexibility index (Phi) is 5.30. The van der Waals surface area contributed by atoms with E-state index in [4.69, 9.17) is 4.42 Å². The van der Waals surface area contributed by atoms with Gasteiger partial charge in [-0.05, 0) is 60.7 Å². The van der Waals surface area contributed by atoms with Gasteiger partial charge >= 0.3 is 0 Å². The first-order valence-corrected chi connectivity index (χ1v) is 9.89. The third-order valence-corrected chi connectivity index (χ3v) is 5.37. The molecule has 2 aromatic heterocycles. The molecule has 4 rings (SSSR count). The van der Waals surface area contributed by atoms with Crippen LogP contribution >= 0.6 is 11.3 Å². The van der Waals surface area contributed by atoms with Gasteiger partial charge < -0.3 is 9.73 Å². The first-order chi connectivity index (χ1) is 13.7. The Balaban J connectivity index is 1.42. The summed E-state index contributed by atoms with van der Waals surface area (Å²) in [6, 6.07) is 19.1. The van der Waals surface area contributed by atoms with Crippen LogP contribution in [0.1, 0.15) is 20.8 Å². The highest BCUT2D eigenvalue weighted by molar-refractivity contribution is 7.09. The predicted octanol–water partition coefficient (Wildman–Crippen LogP) is 4.75. The van der Waals surface area contributed by atoms with Crippen molar-refractivity contribution in [2.24, 2.45) is 0 Å². The van der Waals surface area contributed by atoms with Crippen LogP contribution in [0.5, 0.6) is 0 Å². The van der Waals surface area contributed by atoms with Crippen LogP contribution in [0.25, 0.3) is 22.9 Å². The molecule has 6 heteroatoms. The van der Waals surface area contributed by atoms with Gasteiger partial charge in [0.15, 0.2) is 0 Å². The number of nitrogens with zero attached hydrogens (tertiary/aromatic N) is 2. The zero-order valence-corrected chi connectivity index (χ0v) is 16.2. The molecular formula is C22H19N3O2S. The molecule has 5 nitrogen and oxygen atoms in total. The van der Waals surface area contributed by atoms with Gasteiger partial charge in [0.25, 0.3) is 5.91 Å². The lowest BCUT2D eigenvalue weighted by Gasteiger charge is -2.05. The Morgan fingerprint density at radius 2 is 1.79 bits per heavy atom. The number of hydrogen-bond acceptors (Lipinski definition) is 5. The van der Waals surface area contributed by atoms with E-state index in [0.29, 0.717) is 23.9 Å². The summed E-state index contributed by atoms with van der Waals surface area (Å²) in [7, 11) is 0. The molecule has 140 valence electrons. The van der Waals surface area contributed by atoms with Crippen LogP contribution in [0.3, 0.4) is 0 Å². The average Bonchev–Trinajstić information content (AvgIpc) is 3.41. The largest absolute Gasteiger partial charge is 0.416 e. The summed E-state index contributed by atoms with van der Waals surface area (Å²) < 4.78 is 5.82. The van der Waals surface area contributed by atoms with Crippen LogP contribution in [0.2, 0.25) is 0 Å². The number of amides is 1. The first-order valence-electron chi connectivity index (χ1n) is 9.01. The zero-order chi connectivity index (χ0) is 19.3. The van der Waals surface area contributed by atoms with Crippen LogP contribution < -0.4 is 5.32 Å². The van der Waals surface area contributed by atoms with Gasteiger partial charge in [0, 0.05) is 28.1 Å². The third-order valence-electron chi connectivity index (χ3n) is 4.43.